The maximum Gasteiger partial charge on any atom is 0.242 e. The minimum absolute atomic E-state index is 0.0552. The Morgan fingerprint density at radius 1 is 1.24 bits per heavy atom. The summed E-state index contributed by atoms with van der Waals surface area (Å²) in [7, 11) is -2.48. The number of amides is 1. The quantitative estimate of drug-likeness (QED) is 0.711. The van der Waals surface area contributed by atoms with E-state index < -0.39 is 22.0 Å². The zero-order valence-electron chi connectivity index (χ0n) is 13.4. The first-order valence-electron chi connectivity index (χ1n) is 7.15. The standard InChI is InChI=1S/C16H16BrClN2O4S/c1-10(16(21)19-12-5-3-4-11(17)8-12)20-25(22,23)13-6-7-15(24-2)14(18)9-13/h3-10,20H,1-2H3,(H,19,21)/t10-/m0/s1. The molecule has 0 bridgehead atoms. The van der Waals surface area contributed by atoms with E-state index >= 15 is 0 Å². The van der Waals surface area contributed by atoms with Crippen LogP contribution in [-0.4, -0.2) is 27.5 Å². The number of nitrogens with one attached hydrogen (secondary N) is 2. The summed E-state index contributed by atoms with van der Waals surface area (Å²) in [4.78, 5) is 12.1. The van der Waals surface area contributed by atoms with E-state index in [4.69, 9.17) is 16.3 Å². The molecule has 1 atom stereocenters. The van der Waals surface area contributed by atoms with Crippen molar-refractivity contribution in [2.75, 3.05) is 12.4 Å². The van der Waals surface area contributed by atoms with Crippen molar-refractivity contribution in [3.8, 4) is 5.75 Å². The van der Waals surface area contributed by atoms with Crippen molar-refractivity contribution in [1.29, 1.82) is 0 Å². The third-order valence-electron chi connectivity index (χ3n) is 3.25. The minimum Gasteiger partial charge on any atom is -0.495 e. The molecule has 0 spiro atoms. The first-order chi connectivity index (χ1) is 11.7. The highest BCUT2D eigenvalue weighted by Crippen LogP contribution is 2.27. The molecule has 2 aromatic carbocycles. The van der Waals surface area contributed by atoms with Crippen LogP contribution in [0, 0.1) is 0 Å². The number of carbonyl (C=O) groups excluding carboxylic acids is 1. The van der Waals surface area contributed by atoms with E-state index in [1.807, 2.05) is 6.07 Å². The number of anilines is 1. The zero-order valence-corrected chi connectivity index (χ0v) is 16.6. The number of carbonyl (C=O) groups is 1. The molecule has 134 valence electrons. The van der Waals surface area contributed by atoms with Crippen molar-refractivity contribution < 1.29 is 17.9 Å². The van der Waals surface area contributed by atoms with Crippen molar-refractivity contribution in [2.45, 2.75) is 17.9 Å². The molecular formula is C16H16BrClN2O4S. The van der Waals surface area contributed by atoms with Gasteiger partial charge < -0.3 is 10.1 Å². The van der Waals surface area contributed by atoms with Crippen LogP contribution in [0.3, 0.4) is 0 Å². The molecule has 25 heavy (non-hydrogen) atoms. The van der Waals surface area contributed by atoms with Crippen LogP contribution in [0.2, 0.25) is 5.02 Å². The summed E-state index contributed by atoms with van der Waals surface area (Å²) in [5.41, 5.74) is 0.554. The Morgan fingerprint density at radius 3 is 2.56 bits per heavy atom. The van der Waals surface area contributed by atoms with Gasteiger partial charge in [-0.2, -0.15) is 4.72 Å². The van der Waals surface area contributed by atoms with Crippen LogP contribution >= 0.6 is 27.5 Å². The fraction of sp³-hybridized carbons (Fsp3) is 0.188. The van der Waals surface area contributed by atoms with Gasteiger partial charge in [0.25, 0.3) is 0 Å². The van der Waals surface area contributed by atoms with Crippen molar-refractivity contribution in [3.05, 3.63) is 52.0 Å². The van der Waals surface area contributed by atoms with Gasteiger partial charge in [-0.1, -0.05) is 33.6 Å². The average Bonchev–Trinajstić information content (AvgIpc) is 2.54. The van der Waals surface area contributed by atoms with Crippen LogP contribution in [0.1, 0.15) is 6.92 Å². The monoisotopic (exact) mass is 446 g/mol. The van der Waals surface area contributed by atoms with E-state index in [2.05, 4.69) is 26.0 Å². The van der Waals surface area contributed by atoms with Crippen LogP contribution in [0.25, 0.3) is 0 Å². The zero-order chi connectivity index (χ0) is 18.6. The van der Waals surface area contributed by atoms with Crippen molar-refractivity contribution in [2.24, 2.45) is 0 Å². The number of hydrogen-bond donors (Lipinski definition) is 2. The molecule has 0 saturated heterocycles. The first-order valence-corrected chi connectivity index (χ1v) is 9.80. The average molecular weight is 448 g/mol. The van der Waals surface area contributed by atoms with Crippen molar-refractivity contribution in [3.63, 3.8) is 0 Å². The summed E-state index contributed by atoms with van der Waals surface area (Å²) in [6.07, 6.45) is 0. The molecule has 0 radical (unpaired) electrons. The molecule has 0 aliphatic rings. The van der Waals surface area contributed by atoms with E-state index in [1.54, 1.807) is 18.2 Å². The number of hydrogen-bond acceptors (Lipinski definition) is 4. The van der Waals surface area contributed by atoms with Crippen molar-refractivity contribution >= 4 is 49.1 Å². The Kier molecular flexibility index (Phi) is 6.45. The predicted octanol–water partition coefficient (Wildman–Crippen LogP) is 3.42. The lowest BCUT2D eigenvalue weighted by atomic mass is 10.3. The Hall–Kier alpha value is -1.61. The smallest absolute Gasteiger partial charge is 0.242 e. The molecule has 0 saturated carbocycles. The second-order valence-electron chi connectivity index (χ2n) is 5.14. The number of methoxy groups -OCH3 is 1. The van der Waals surface area contributed by atoms with Gasteiger partial charge in [-0.05, 0) is 43.3 Å². The molecule has 9 heteroatoms. The molecule has 2 aromatic rings. The molecule has 0 aliphatic heterocycles. The normalized spacial score (nSPS) is 12.5. The lowest BCUT2D eigenvalue weighted by molar-refractivity contribution is -0.117. The highest BCUT2D eigenvalue weighted by molar-refractivity contribution is 9.10. The fourth-order valence-electron chi connectivity index (χ4n) is 1.99. The lowest BCUT2D eigenvalue weighted by Crippen LogP contribution is -2.41. The summed E-state index contributed by atoms with van der Waals surface area (Å²) in [6.45, 7) is 1.45. The lowest BCUT2D eigenvalue weighted by Gasteiger charge is -2.15. The van der Waals surface area contributed by atoms with E-state index in [1.165, 1.54) is 32.2 Å². The van der Waals surface area contributed by atoms with Gasteiger partial charge in [-0.3, -0.25) is 4.79 Å². The van der Waals surface area contributed by atoms with E-state index in [0.717, 1.165) is 4.47 Å². The minimum atomic E-state index is -3.91. The summed E-state index contributed by atoms with van der Waals surface area (Å²) in [5, 5.41) is 2.81. The SMILES string of the molecule is COc1ccc(S(=O)(=O)N[C@@H](C)C(=O)Nc2cccc(Br)c2)cc1Cl. The number of ether oxygens (including phenoxy) is 1. The molecule has 0 aliphatic carbocycles. The summed E-state index contributed by atoms with van der Waals surface area (Å²) in [6, 6.07) is 10.1. The molecule has 0 fully saturated rings. The summed E-state index contributed by atoms with van der Waals surface area (Å²) < 4.78 is 32.9. The third kappa shape index (κ3) is 5.18. The molecule has 2 N–H and O–H groups in total. The number of rotatable bonds is 6. The molecular weight excluding hydrogens is 432 g/mol. The number of benzene rings is 2. The molecule has 0 heterocycles. The highest BCUT2D eigenvalue weighted by Gasteiger charge is 2.23. The van der Waals surface area contributed by atoms with Gasteiger partial charge in [0.2, 0.25) is 15.9 Å². The third-order valence-corrected chi connectivity index (χ3v) is 5.58. The van der Waals surface area contributed by atoms with Gasteiger partial charge in [-0.25, -0.2) is 8.42 Å². The Morgan fingerprint density at radius 2 is 1.96 bits per heavy atom. The predicted molar refractivity (Wildman–Crippen MR) is 101 cm³/mol. The van der Waals surface area contributed by atoms with Gasteiger partial charge in [0.1, 0.15) is 5.75 Å². The second kappa shape index (κ2) is 8.18. The van der Waals surface area contributed by atoms with Crippen LogP contribution in [0.5, 0.6) is 5.75 Å². The van der Waals surface area contributed by atoms with Crippen LogP contribution < -0.4 is 14.8 Å². The van der Waals surface area contributed by atoms with Gasteiger partial charge in [0, 0.05) is 10.2 Å². The highest BCUT2D eigenvalue weighted by atomic mass is 79.9. The van der Waals surface area contributed by atoms with Crippen LogP contribution in [0.15, 0.2) is 51.8 Å². The molecule has 2 rings (SSSR count). The topological polar surface area (TPSA) is 84.5 Å². The van der Waals surface area contributed by atoms with Gasteiger partial charge in [-0.15, -0.1) is 0 Å². The number of halogens is 2. The van der Waals surface area contributed by atoms with E-state index in [-0.39, 0.29) is 9.92 Å². The maximum absolute atomic E-state index is 12.4. The van der Waals surface area contributed by atoms with Crippen LogP contribution in [0.4, 0.5) is 5.69 Å². The summed E-state index contributed by atoms with van der Waals surface area (Å²) in [5.74, 6) is -0.123. The largest absolute Gasteiger partial charge is 0.495 e. The maximum atomic E-state index is 12.4. The number of sulfonamides is 1. The Labute approximate surface area is 159 Å². The summed E-state index contributed by atoms with van der Waals surface area (Å²) >= 11 is 9.26. The molecule has 6 nitrogen and oxygen atoms in total. The van der Waals surface area contributed by atoms with Gasteiger partial charge >= 0.3 is 0 Å². The van der Waals surface area contributed by atoms with E-state index in [0.29, 0.717) is 11.4 Å². The molecule has 0 unspecified atom stereocenters. The van der Waals surface area contributed by atoms with Gasteiger partial charge in [0.15, 0.2) is 0 Å². The second-order valence-corrected chi connectivity index (χ2v) is 8.18. The Bertz CT molecular complexity index is 889. The van der Waals surface area contributed by atoms with Crippen LogP contribution in [-0.2, 0) is 14.8 Å². The molecule has 1 amide bonds. The molecule has 0 aromatic heterocycles. The van der Waals surface area contributed by atoms with Gasteiger partial charge in [0.05, 0.1) is 23.1 Å². The fourth-order valence-corrected chi connectivity index (χ4v) is 3.94. The first kappa shape index (κ1) is 19.7. The van der Waals surface area contributed by atoms with Crippen molar-refractivity contribution in [1.82, 2.24) is 4.72 Å². The Balaban J connectivity index is 2.11. The van der Waals surface area contributed by atoms with E-state index in [9.17, 15) is 13.2 Å².